The van der Waals surface area contributed by atoms with Crippen LogP contribution in [0, 0.1) is 29.6 Å². The van der Waals surface area contributed by atoms with Crippen LogP contribution in [0.4, 0.5) is 4.39 Å². The summed E-state index contributed by atoms with van der Waals surface area (Å²) in [4.78, 5) is 0. The van der Waals surface area contributed by atoms with Gasteiger partial charge in [-0.15, -0.1) is 0 Å². The summed E-state index contributed by atoms with van der Waals surface area (Å²) in [7, 11) is 0. The van der Waals surface area contributed by atoms with Crippen LogP contribution in [0.5, 0.6) is 0 Å². The summed E-state index contributed by atoms with van der Waals surface area (Å²) in [6, 6.07) is 16.0. The zero-order chi connectivity index (χ0) is 30.6. The van der Waals surface area contributed by atoms with Gasteiger partial charge in [0.25, 0.3) is 0 Å². The molecule has 0 spiro atoms. The predicted molar refractivity (Wildman–Crippen MR) is 191 cm³/mol. The fraction of sp³-hybridized carbons (Fsp3) is 0.409. The fourth-order valence-electron chi connectivity index (χ4n) is 10.3. The number of hydrogen-bond donors (Lipinski definition) is 0. The first-order valence-electron chi connectivity index (χ1n) is 18.2. The Morgan fingerprint density at radius 1 is 0.804 bits per heavy atom. The van der Waals surface area contributed by atoms with Crippen LogP contribution in [0.3, 0.4) is 0 Å². The summed E-state index contributed by atoms with van der Waals surface area (Å²) in [6.07, 6.45) is 35.2. The quantitative estimate of drug-likeness (QED) is 0.260. The van der Waals surface area contributed by atoms with Crippen molar-refractivity contribution in [3.8, 4) is 0 Å². The van der Waals surface area contributed by atoms with Gasteiger partial charge in [0.2, 0.25) is 0 Å². The maximum absolute atomic E-state index is 15.1. The van der Waals surface area contributed by atoms with Crippen molar-refractivity contribution in [2.45, 2.75) is 82.7 Å². The number of aromatic nitrogens is 1. The van der Waals surface area contributed by atoms with Crippen molar-refractivity contribution in [2.24, 2.45) is 29.6 Å². The summed E-state index contributed by atoms with van der Waals surface area (Å²) < 4.78 is 17.7. The first-order valence-corrected chi connectivity index (χ1v) is 18.2. The molecule has 6 aliphatic carbocycles. The Bertz CT molecular complexity index is 1830. The monoisotopic (exact) mass is 607 g/mol. The molecular formula is C44H46FN. The zero-order valence-electron chi connectivity index (χ0n) is 27.0. The standard InChI is InChI=1S/C44H46FN/c45-36-21-23-42-41(28-36)44-40-18-7-5-13-31(40)20-22-43(44)46(42)37-26-34(33-16-8-15-32(24-33)29-10-2-1-3-11-29)25-35(27-37)39-19-9-14-30-12-4-6-17-38(30)39/h1-3,6-7,9-11,14,17-23,27,32-36,38-39H,4-5,8,12-13,15-16,24-26,28H2. The van der Waals surface area contributed by atoms with Crippen molar-refractivity contribution < 1.29 is 4.39 Å². The summed E-state index contributed by atoms with van der Waals surface area (Å²) >= 11 is 0. The SMILES string of the molecule is FC1C=Cc2c(c3c4c(ccc3n2C2=CC(C3C=CC=C5CCC=CC53)CC(C3CCCC(c5ccccc5)C3)C2)CCC=C4)C1. The first-order chi connectivity index (χ1) is 22.7. The molecule has 1 heterocycles. The lowest BCUT2D eigenvalue weighted by Gasteiger charge is -2.42. The predicted octanol–water partition coefficient (Wildman–Crippen LogP) is 11.4. The highest BCUT2D eigenvalue weighted by molar-refractivity contribution is 5.99. The molecule has 3 aromatic rings. The lowest BCUT2D eigenvalue weighted by Crippen LogP contribution is -2.32. The Kier molecular flexibility index (Phi) is 7.36. The average molecular weight is 608 g/mol. The second-order valence-corrected chi connectivity index (χ2v) is 15.0. The second-order valence-electron chi connectivity index (χ2n) is 15.0. The number of rotatable bonds is 4. The smallest absolute Gasteiger partial charge is 0.123 e. The van der Waals surface area contributed by atoms with Crippen LogP contribution in [-0.2, 0) is 12.8 Å². The topological polar surface area (TPSA) is 4.93 Å². The van der Waals surface area contributed by atoms with Gasteiger partial charge in [0.05, 0.1) is 5.52 Å². The maximum atomic E-state index is 15.1. The van der Waals surface area contributed by atoms with Gasteiger partial charge in [-0.3, -0.25) is 0 Å². The average Bonchev–Trinajstić information content (AvgIpc) is 3.45. The number of fused-ring (bicyclic) bond motifs is 6. The van der Waals surface area contributed by atoms with Crippen LogP contribution < -0.4 is 0 Å². The largest absolute Gasteiger partial charge is 0.314 e. The van der Waals surface area contributed by atoms with Gasteiger partial charge in [-0.2, -0.15) is 0 Å². The van der Waals surface area contributed by atoms with Gasteiger partial charge < -0.3 is 4.57 Å². The van der Waals surface area contributed by atoms with Crippen molar-refractivity contribution in [2.75, 3.05) is 0 Å². The summed E-state index contributed by atoms with van der Waals surface area (Å²) in [5.74, 6) is 3.56. The summed E-state index contributed by atoms with van der Waals surface area (Å²) in [5.41, 5.74) is 11.1. The van der Waals surface area contributed by atoms with Gasteiger partial charge in [-0.05, 0) is 121 Å². The van der Waals surface area contributed by atoms with E-state index < -0.39 is 6.17 Å². The molecule has 46 heavy (non-hydrogen) atoms. The summed E-state index contributed by atoms with van der Waals surface area (Å²) in [5, 5.41) is 1.30. The molecule has 0 amide bonds. The Hall–Kier alpha value is -3.65. The molecule has 7 atom stereocenters. The number of allylic oxidation sites excluding steroid dienone is 10. The lowest BCUT2D eigenvalue weighted by molar-refractivity contribution is 0.183. The molecule has 0 aliphatic heterocycles. The minimum absolute atomic E-state index is 0.480. The molecule has 0 N–H and O–H groups in total. The van der Waals surface area contributed by atoms with Crippen molar-refractivity contribution >= 4 is 28.8 Å². The Labute approximate surface area is 274 Å². The van der Waals surface area contributed by atoms with E-state index in [1.165, 1.54) is 89.5 Å². The van der Waals surface area contributed by atoms with E-state index in [0.29, 0.717) is 36.0 Å². The molecule has 0 radical (unpaired) electrons. The van der Waals surface area contributed by atoms with Crippen molar-refractivity contribution in [3.05, 3.63) is 125 Å². The van der Waals surface area contributed by atoms with E-state index in [1.807, 2.05) is 0 Å². The molecule has 0 saturated heterocycles. The third-order valence-corrected chi connectivity index (χ3v) is 12.4. The van der Waals surface area contributed by atoms with Gasteiger partial charge in [-0.25, -0.2) is 4.39 Å². The van der Waals surface area contributed by atoms with E-state index in [-0.39, 0.29) is 0 Å². The molecule has 6 aliphatic rings. The minimum atomic E-state index is -0.913. The molecule has 0 bridgehead atoms. The number of hydrogen-bond acceptors (Lipinski definition) is 0. The van der Waals surface area contributed by atoms with Crippen LogP contribution in [0.15, 0.2) is 96.6 Å². The molecule has 9 rings (SSSR count). The van der Waals surface area contributed by atoms with Crippen LogP contribution >= 0.6 is 0 Å². The minimum Gasteiger partial charge on any atom is -0.314 e. The summed E-state index contributed by atoms with van der Waals surface area (Å²) in [6.45, 7) is 0. The Morgan fingerprint density at radius 3 is 2.65 bits per heavy atom. The molecule has 1 fully saturated rings. The second kappa shape index (κ2) is 11.9. The van der Waals surface area contributed by atoms with E-state index in [0.717, 1.165) is 25.2 Å². The van der Waals surface area contributed by atoms with Gasteiger partial charge >= 0.3 is 0 Å². The molecule has 2 heteroatoms. The van der Waals surface area contributed by atoms with Crippen molar-refractivity contribution in [1.82, 2.24) is 4.57 Å². The number of nitrogens with zero attached hydrogens (tertiary/aromatic N) is 1. The highest BCUT2D eigenvalue weighted by Crippen LogP contribution is 2.51. The molecule has 1 nitrogen and oxygen atoms in total. The highest BCUT2D eigenvalue weighted by Gasteiger charge is 2.39. The van der Waals surface area contributed by atoms with Crippen molar-refractivity contribution in [1.29, 1.82) is 0 Å². The Morgan fingerprint density at radius 2 is 1.72 bits per heavy atom. The van der Waals surface area contributed by atoms with Gasteiger partial charge in [0.1, 0.15) is 6.17 Å². The molecule has 2 aromatic carbocycles. The molecule has 1 aromatic heterocycles. The van der Waals surface area contributed by atoms with E-state index >= 15 is 4.39 Å². The van der Waals surface area contributed by atoms with Crippen molar-refractivity contribution in [3.63, 3.8) is 0 Å². The van der Waals surface area contributed by atoms with E-state index in [4.69, 9.17) is 0 Å². The highest BCUT2D eigenvalue weighted by atomic mass is 19.1. The third-order valence-electron chi connectivity index (χ3n) is 12.4. The number of benzene rings is 2. The van der Waals surface area contributed by atoms with Gasteiger partial charge in [0, 0.05) is 29.1 Å². The van der Waals surface area contributed by atoms with E-state index in [2.05, 4.69) is 102 Å². The van der Waals surface area contributed by atoms with Crippen LogP contribution in [-0.4, -0.2) is 10.7 Å². The zero-order valence-corrected chi connectivity index (χ0v) is 27.0. The number of alkyl halides is 1. The molecule has 234 valence electrons. The van der Waals surface area contributed by atoms with E-state index in [9.17, 15) is 0 Å². The first kappa shape index (κ1) is 28.6. The molecular weight excluding hydrogens is 561 g/mol. The van der Waals surface area contributed by atoms with Crippen LogP contribution in [0.25, 0.3) is 28.8 Å². The van der Waals surface area contributed by atoms with Crippen LogP contribution in [0.2, 0.25) is 0 Å². The molecule has 7 unspecified atom stereocenters. The normalized spacial score (nSPS) is 31.6. The van der Waals surface area contributed by atoms with Gasteiger partial charge in [-0.1, -0.05) is 103 Å². The van der Waals surface area contributed by atoms with Gasteiger partial charge in [0.15, 0.2) is 0 Å². The lowest BCUT2D eigenvalue weighted by atomic mass is 9.63. The fourth-order valence-corrected chi connectivity index (χ4v) is 10.3. The third kappa shape index (κ3) is 4.95. The van der Waals surface area contributed by atoms with E-state index in [1.54, 1.807) is 11.6 Å². The number of halogens is 1. The maximum Gasteiger partial charge on any atom is 0.123 e. The molecule has 1 saturated carbocycles. The van der Waals surface area contributed by atoms with Crippen LogP contribution in [0.1, 0.15) is 91.7 Å². The number of aryl methyl sites for hydroxylation is 1. The Balaban J connectivity index is 1.16.